The van der Waals surface area contributed by atoms with Gasteiger partial charge in [0.2, 0.25) is 0 Å². The molecule has 0 spiro atoms. The molecule has 2 heterocycles. The average molecular weight is 527 g/mol. The highest BCUT2D eigenvalue weighted by atomic mass is 19.1. The third-order valence-corrected chi connectivity index (χ3v) is 6.76. The molecule has 1 N–H and O–H groups in total. The zero-order valence-corrected chi connectivity index (χ0v) is 22.0. The zero-order chi connectivity index (χ0) is 27.1. The summed E-state index contributed by atoms with van der Waals surface area (Å²) < 4.78 is 30.7. The number of ketones is 1. The molecule has 2 aliphatic heterocycles. The van der Waals surface area contributed by atoms with Crippen molar-refractivity contribution in [2.45, 2.75) is 32.7 Å². The molecule has 2 aromatic carbocycles. The highest BCUT2D eigenvalue weighted by Gasteiger charge is 2.46. The number of Topliss-reactive ketones (excluding diaryl/α,β-unsaturated/α-hetero) is 1. The van der Waals surface area contributed by atoms with Crippen LogP contribution in [-0.4, -0.2) is 79.2 Å². The molecule has 0 saturated carbocycles. The maximum atomic E-state index is 13.5. The molecule has 2 aromatic rings. The summed E-state index contributed by atoms with van der Waals surface area (Å²) in [6, 6.07) is 9.67. The summed E-state index contributed by atoms with van der Waals surface area (Å²) >= 11 is 0. The van der Waals surface area contributed by atoms with E-state index in [0.717, 1.165) is 25.9 Å². The first-order chi connectivity index (χ1) is 18.4. The van der Waals surface area contributed by atoms with Crippen molar-refractivity contribution in [3.63, 3.8) is 0 Å². The number of benzene rings is 2. The van der Waals surface area contributed by atoms with Gasteiger partial charge in [0, 0.05) is 31.7 Å². The predicted octanol–water partition coefficient (Wildman–Crippen LogP) is 4.16. The van der Waals surface area contributed by atoms with E-state index in [0.29, 0.717) is 50.0 Å². The van der Waals surface area contributed by atoms with E-state index in [-0.39, 0.29) is 23.4 Å². The van der Waals surface area contributed by atoms with Crippen LogP contribution in [0.5, 0.6) is 11.5 Å². The van der Waals surface area contributed by atoms with Gasteiger partial charge in [-0.05, 0) is 55.3 Å². The van der Waals surface area contributed by atoms with Crippen LogP contribution in [-0.2, 0) is 14.3 Å². The van der Waals surface area contributed by atoms with Crippen LogP contribution in [0, 0.1) is 5.82 Å². The van der Waals surface area contributed by atoms with E-state index in [4.69, 9.17) is 14.2 Å². The monoisotopic (exact) mass is 526 g/mol. The van der Waals surface area contributed by atoms with E-state index >= 15 is 0 Å². The Morgan fingerprint density at radius 2 is 1.76 bits per heavy atom. The minimum Gasteiger partial charge on any atom is -0.507 e. The second-order valence-electron chi connectivity index (χ2n) is 9.29. The minimum absolute atomic E-state index is 0.0364. The molecule has 2 fully saturated rings. The first-order valence-electron chi connectivity index (χ1n) is 13.2. The Morgan fingerprint density at radius 1 is 1.03 bits per heavy atom. The van der Waals surface area contributed by atoms with Gasteiger partial charge in [-0.25, -0.2) is 4.39 Å². The number of aliphatic hydroxyl groups excluding tert-OH is 1. The zero-order valence-electron chi connectivity index (χ0n) is 22.0. The molecule has 9 heteroatoms. The van der Waals surface area contributed by atoms with Crippen molar-refractivity contribution in [2.75, 3.05) is 52.6 Å². The molecule has 204 valence electrons. The Hall–Kier alpha value is -3.43. The van der Waals surface area contributed by atoms with Crippen molar-refractivity contribution >= 4 is 17.4 Å². The molecular weight excluding hydrogens is 491 g/mol. The number of carbonyl (C=O) groups is 2. The number of amides is 1. The number of rotatable bonds is 11. The molecule has 0 bridgehead atoms. The molecule has 4 rings (SSSR count). The third kappa shape index (κ3) is 6.16. The fourth-order valence-electron chi connectivity index (χ4n) is 4.70. The van der Waals surface area contributed by atoms with Crippen LogP contribution < -0.4 is 9.47 Å². The highest BCUT2D eigenvalue weighted by molar-refractivity contribution is 6.46. The van der Waals surface area contributed by atoms with Crippen molar-refractivity contribution in [3.05, 3.63) is 65.0 Å². The molecule has 38 heavy (non-hydrogen) atoms. The Balaban J connectivity index is 1.75. The number of morpholine rings is 1. The van der Waals surface area contributed by atoms with Gasteiger partial charge in [-0.2, -0.15) is 0 Å². The van der Waals surface area contributed by atoms with Gasteiger partial charge in [0.1, 0.15) is 11.6 Å². The predicted molar refractivity (Wildman–Crippen MR) is 141 cm³/mol. The second-order valence-corrected chi connectivity index (χ2v) is 9.29. The average Bonchev–Trinajstić information content (AvgIpc) is 3.18. The van der Waals surface area contributed by atoms with Crippen LogP contribution in [0.15, 0.2) is 48.0 Å². The molecule has 1 atom stereocenters. The number of likely N-dealkylation sites (tertiary alicyclic amines) is 1. The highest BCUT2D eigenvalue weighted by Crippen LogP contribution is 2.42. The summed E-state index contributed by atoms with van der Waals surface area (Å²) in [6.45, 7) is 8.44. The molecule has 1 amide bonds. The van der Waals surface area contributed by atoms with Gasteiger partial charge in [0.15, 0.2) is 11.5 Å². The topological polar surface area (TPSA) is 88.5 Å². The van der Waals surface area contributed by atoms with E-state index < -0.39 is 23.5 Å². The maximum absolute atomic E-state index is 13.5. The summed E-state index contributed by atoms with van der Waals surface area (Å²) in [5.41, 5.74) is 0.832. The Bertz CT molecular complexity index is 1160. The standard InChI is InChI=1S/C29H35FN2O6/c1-3-5-16-38-23-11-8-21(19-24(23)37-4-2)26-25(27(33)20-6-9-22(30)10-7-20)28(34)29(35)32(26)13-12-31-14-17-36-18-15-31/h6-11,19,26,33H,3-5,12-18H2,1-2H3. The number of ether oxygens (including phenoxy) is 3. The van der Waals surface area contributed by atoms with Gasteiger partial charge < -0.3 is 24.2 Å². The quantitative estimate of drug-likeness (QED) is 0.204. The first-order valence-corrected chi connectivity index (χ1v) is 13.2. The summed E-state index contributed by atoms with van der Waals surface area (Å²) in [5, 5.41) is 11.2. The van der Waals surface area contributed by atoms with Gasteiger partial charge in [-0.15, -0.1) is 0 Å². The molecule has 0 aromatic heterocycles. The van der Waals surface area contributed by atoms with Crippen LogP contribution in [0.4, 0.5) is 4.39 Å². The lowest BCUT2D eigenvalue weighted by Gasteiger charge is -2.31. The van der Waals surface area contributed by atoms with E-state index in [9.17, 15) is 19.1 Å². The maximum Gasteiger partial charge on any atom is 0.295 e. The SMILES string of the molecule is CCCCOc1ccc(C2C(=C(O)c3ccc(F)cc3)C(=O)C(=O)N2CCN2CCOCC2)cc1OCC. The second kappa shape index (κ2) is 12.9. The number of nitrogens with zero attached hydrogens (tertiary/aromatic N) is 2. The summed E-state index contributed by atoms with van der Waals surface area (Å²) in [5.74, 6) is -1.20. The van der Waals surface area contributed by atoms with Crippen LogP contribution in [0.3, 0.4) is 0 Å². The molecule has 2 saturated heterocycles. The smallest absolute Gasteiger partial charge is 0.295 e. The lowest BCUT2D eigenvalue weighted by molar-refractivity contribution is -0.140. The van der Waals surface area contributed by atoms with Crippen LogP contribution in [0.25, 0.3) is 5.76 Å². The Kier molecular flexibility index (Phi) is 9.36. The number of unbranched alkanes of at least 4 members (excludes halogenated alkanes) is 1. The van der Waals surface area contributed by atoms with E-state index in [1.165, 1.54) is 29.2 Å². The normalized spacial score (nSPS) is 19.7. The van der Waals surface area contributed by atoms with Crippen molar-refractivity contribution in [3.8, 4) is 11.5 Å². The van der Waals surface area contributed by atoms with Gasteiger partial charge in [-0.3, -0.25) is 14.5 Å². The summed E-state index contributed by atoms with van der Waals surface area (Å²) in [7, 11) is 0. The van der Waals surface area contributed by atoms with Gasteiger partial charge in [0.25, 0.3) is 11.7 Å². The molecule has 1 unspecified atom stereocenters. The molecule has 0 aliphatic carbocycles. The summed E-state index contributed by atoms with van der Waals surface area (Å²) in [6.07, 6.45) is 1.88. The van der Waals surface area contributed by atoms with Crippen LogP contribution >= 0.6 is 0 Å². The number of carbonyl (C=O) groups excluding carboxylic acids is 2. The molecule has 0 radical (unpaired) electrons. The molecule has 2 aliphatic rings. The number of aliphatic hydroxyl groups is 1. The van der Waals surface area contributed by atoms with Crippen molar-refractivity contribution in [1.82, 2.24) is 9.80 Å². The van der Waals surface area contributed by atoms with Crippen LogP contribution in [0.1, 0.15) is 43.9 Å². The fourth-order valence-corrected chi connectivity index (χ4v) is 4.70. The molecular formula is C29H35FN2O6. The number of halogens is 1. The van der Waals surface area contributed by atoms with Crippen molar-refractivity contribution < 1.29 is 33.3 Å². The lowest BCUT2D eigenvalue weighted by Crippen LogP contribution is -2.42. The molecule has 8 nitrogen and oxygen atoms in total. The third-order valence-electron chi connectivity index (χ3n) is 6.76. The number of hydrogen-bond acceptors (Lipinski definition) is 7. The Labute approximate surface area is 222 Å². The van der Waals surface area contributed by atoms with Crippen LogP contribution in [0.2, 0.25) is 0 Å². The van der Waals surface area contributed by atoms with Gasteiger partial charge in [-0.1, -0.05) is 19.4 Å². The first kappa shape index (κ1) is 27.6. The summed E-state index contributed by atoms with van der Waals surface area (Å²) in [4.78, 5) is 30.3. The van der Waals surface area contributed by atoms with E-state index in [1.54, 1.807) is 18.2 Å². The van der Waals surface area contributed by atoms with E-state index in [2.05, 4.69) is 11.8 Å². The fraction of sp³-hybridized carbons (Fsp3) is 0.448. The number of hydrogen-bond donors (Lipinski definition) is 1. The van der Waals surface area contributed by atoms with Crippen molar-refractivity contribution in [1.29, 1.82) is 0 Å². The van der Waals surface area contributed by atoms with Gasteiger partial charge in [0.05, 0.1) is 38.0 Å². The van der Waals surface area contributed by atoms with E-state index in [1.807, 2.05) is 6.92 Å². The lowest BCUT2D eigenvalue weighted by atomic mass is 9.95. The van der Waals surface area contributed by atoms with Gasteiger partial charge >= 0.3 is 0 Å². The Morgan fingerprint density at radius 3 is 2.45 bits per heavy atom. The largest absolute Gasteiger partial charge is 0.507 e. The minimum atomic E-state index is -0.843. The van der Waals surface area contributed by atoms with Crippen molar-refractivity contribution in [2.24, 2.45) is 0 Å².